The van der Waals surface area contributed by atoms with Crippen LogP contribution in [-0.4, -0.2) is 102 Å². The fraction of sp³-hybridized carbons (Fsp3) is 0.562. The molecule has 1 aliphatic heterocycles. The number of fused-ring (bicyclic) bond motifs is 1. The Bertz CT molecular complexity index is 1320. The molecule has 5 atom stereocenters. The van der Waals surface area contributed by atoms with E-state index in [2.05, 4.69) is 10.6 Å². The SMILES string of the molecule is C[C@H](O)[C@@H](NC(=O)C1=C[C@H]2OC(C3CC3)(C3CC3)O[C@H]2[C@H](OC(=O)c2cccc(C=CC(=O)N(C)C)c2)C1)C(=O)NCCO. The molecule has 0 spiro atoms. The molecule has 12 nitrogen and oxygen atoms in total. The van der Waals surface area contributed by atoms with Crippen LogP contribution in [0, 0.1) is 11.8 Å². The summed E-state index contributed by atoms with van der Waals surface area (Å²) < 4.78 is 19.2. The van der Waals surface area contributed by atoms with Crippen LogP contribution in [0.25, 0.3) is 6.08 Å². The van der Waals surface area contributed by atoms with Gasteiger partial charge in [-0.15, -0.1) is 0 Å². The van der Waals surface area contributed by atoms with Gasteiger partial charge in [-0.2, -0.15) is 0 Å². The first-order valence-electron chi connectivity index (χ1n) is 15.2. The van der Waals surface area contributed by atoms with Gasteiger partial charge in [0.1, 0.15) is 24.4 Å². The molecule has 2 saturated carbocycles. The lowest BCUT2D eigenvalue weighted by Gasteiger charge is -2.31. The number of hydrogen-bond acceptors (Lipinski definition) is 9. The highest BCUT2D eigenvalue weighted by molar-refractivity contribution is 5.98. The molecule has 3 fully saturated rings. The van der Waals surface area contributed by atoms with Gasteiger partial charge in [0, 0.05) is 50.5 Å². The summed E-state index contributed by atoms with van der Waals surface area (Å²) in [5.74, 6) is -2.35. The van der Waals surface area contributed by atoms with E-state index in [0.717, 1.165) is 25.7 Å². The van der Waals surface area contributed by atoms with Crippen LogP contribution in [0.1, 0.15) is 54.9 Å². The second kappa shape index (κ2) is 13.2. The van der Waals surface area contributed by atoms with Crippen LogP contribution in [0.5, 0.6) is 0 Å². The highest BCUT2D eigenvalue weighted by Crippen LogP contribution is 2.59. The third kappa shape index (κ3) is 7.04. The van der Waals surface area contributed by atoms with Gasteiger partial charge in [0.25, 0.3) is 0 Å². The van der Waals surface area contributed by atoms with Gasteiger partial charge in [-0.25, -0.2) is 4.79 Å². The molecule has 5 rings (SSSR count). The van der Waals surface area contributed by atoms with Crippen LogP contribution in [-0.2, 0) is 28.6 Å². The van der Waals surface area contributed by atoms with E-state index in [1.807, 2.05) is 0 Å². The number of hydrogen-bond donors (Lipinski definition) is 4. The molecule has 4 N–H and O–H groups in total. The summed E-state index contributed by atoms with van der Waals surface area (Å²) in [4.78, 5) is 52.9. The lowest BCUT2D eigenvalue weighted by molar-refractivity contribution is -0.209. The normalized spacial score (nSPS) is 25.4. The van der Waals surface area contributed by atoms with Gasteiger partial charge in [-0.05, 0) is 62.5 Å². The summed E-state index contributed by atoms with van der Waals surface area (Å²) in [6, 6.07) is 5.42. The zero-order valence-corrected chi connectivity index (χ0v) is 25.2. The molecule has 0 aromatic heterocycles. The highest BCUT2D eigenvalue weighted by atomic mass is 16.8. The second-order valence-corrected chi connectivity index (χ2v) is 12.2. The number of aliphatic hydroxyl groups is 2. The highest BCUT2D eigenvalue weighted by Gasteiger charge is 2.64. The number of nitrogens with one attached hydrogen (secondary N) is 2. The fourth-order valence-corrected chi connectivity index (χ4v) is 5.79. The predicted molar refractivity (Wildman–Crippen MR) is 158 cm³/mol. The maximum Gasteiger partial charge on any atom is 0.338 e. The van der Waals surface area contributed by atoms with Crippen molar-refractivity contribution in [1.82, 2.24) is 15.5 Å². The van der Waals surface area contributed by atoms with E-state index in [1.54, 1.807) is 50.5 Å². The summed E-state index contributed by atoms with van der Waals surface area (Å²) in [6.07, 6.45) is 5.28. The summed E-state index contributed by atoms with van der Waals surface area (Å²) >= 11 is 0. The first kappa shape index (κ1) is 31.8. The first-order valence-corrected chi connectivity index (χ1v) is 15.2. The Hall–Kier alpha value is -3.58. The quantitative estimate of drug-likeness (QED) is 0.199. The maximum absolute atomic E-state index is 13.5. The lowest BCUT2D eigenvalue weighted by atomic mass is 9.91. The topological polar surface area (TPSA) is 164 Å². The van der Waals surface area contributed by atoms with Crippen LogP contribution in [0.3, 0.4) is 0 Å². The van der Waals surface area contributed by atoms with Crippen molar-refractivity contribution in [1.29, 1.82) is 0 Å². The number of amides is 3. The van der Waals surface area contributed by atoms with Crippen LogP contribution in [0.15, 0.2) is 42.0 Å². The van der Waals surface area contributed by atoms with Crippen molar-refractivity contribution in [2.24, 2.45) is 11.8 Å². The van der Waals surface area contributed by atoms with Crippen molar-refractivity contribution in [3.63, 3.8) is 0 Å². The van der Waals surface area contributed by atoms with Crippen molar-refractivity contribution in [3.8, 4) is 0 Å². The monoisotopic (exact) mass is 611 g/mol. The van der Waals surface area contributed by atoms with E-state index in [0.29, 0.717) is 5.56 Å². The minimum Gasteiger partial charge on any atom is -0.456 e. The molecule has 1 aromatic rings. The molecule has 3 aliphatic carbocycles. The van der Waals surface area contributed by atoms with E-state index in [9.17, 15) is 24.3 Å². The molecule has 3 amide bonds. The van der Waals surface area contributed by atoms with Gasteiger partial charge in [0.2, 0.25) is 17.7 Å². The summed E-state index contributed by atoms with van der Waals surface area (Å²) in [7, 11) is 3.29. The molecular weight excluding hydrogens is 570 g/mol. The Morgan fingerprint density at radius 2 is 1.84 bits per heavy atom. The van der Waals surface area contributed by atoms with Crippen LogP contribution >= 0.6 is 0 Å². The molecule has 0 radical (unpaired) electrons. The average Bonchev–Trinajstić information content (AvgIpc) is 3.94. The predicted octanol–water partition coefficient (Wildman–Crippen LogP) is 0.918. The van der Waals surface area contributed by atoms with Crippen LogP contribution in [0.2, 0.25) is 0 Å². The second-order valence-electron chi connectivity index (χ2n) is 12.2. The van der Waals surface area contributed by atoms with Gasteiger partial charge in [0.05, 0.1) is 18.3 Å². The van der Waals surface area contributed by atoms with Crippen molar-refractivity contribution in [2.75, 3.05) is 27.2 Å². The van der Waals surface area contributed by atoms with E-state index >= 15 is 0 Å². The van der Waals surface area contributed by atoms with Crippen molar-refractivity contribution in [3.05, 3.63) is 53.1 Å². The fourth-order valence-electron chi connectivity index (χ4n) is 5.79. The number of rotatable bonds is 12. The largest absolute Gasteiger partial charge is 0.456 e. The molecule has 1 heterocycles. The van der Waals surface area contributed by atoms with Crippen molar-refractivity contribution < 1.29 is 43.6 Å². The third-order valence-corrected chi connectivity index (χ3v) is 8.40. The molecule has 238 valence electrons. The molecule has 1 saturated heterocycles. The van der Waals surface area contributed by atoms with Gasteiger partial charge in [0.15, 0.2) is 5.79 Å². The standard InChI is InChI=1S/C32H41N3O9/c1-18(37)27(30(40)33-13-14-36)34-29(39)21-16-24(28-25(17-21)43-32(44-28,22-8-9-22)23-10-11-23)42-31(41)20-6-4-5-19(15-20)7-12-26(38)35(2)3/h4-7,12,15,17-18,22-25,27-28,36-37H,8-11,13-14,16H2,1-3H3,(H,33,40)(H,34,39)/t18-,24+,25+,27+,28-/m0/s1. The molecule has 0 bridgehead atoms. The number of carbonyl (C=O) groups excluding carboxylic acids is 4. The average molecular weight is 612 g/mol. The molecule has 12 heteroatoms. The Morgan fingerprint density at radius 3 is 2.45 bits per heavy atom. The van der Waals surface area contributed by atoms with E-state index in [1.165, 1.54) is 17.9 Å². The van der Waals surface area contributed by atoms with Gasteiger partial charge in [-0.1, -0.05) is 12.1 Å². The van der Waals surface area contributed by atoms with E-state index in [-0.39, 0.29) is 48.5 Å². The summed E-state index contributed by atoms with van der Waals surface area (Å²) in [5.41, 5.74) is 1.15. The number of likely N-dealkylation sites (N-methyl/N-ethyl adjacent to an activating group) is 1. The smallest absolute Gasteiger partial charge is 0.338 e. The minimum atomic E-state index is -1.26. The van der Waals surface area contributed by atoms with Crippen LogP contribution in [0.4, 0.5) is 0 Å². The Labute approximate surface area is 256 Å². The Kier molecular flexibility index (Phi) is 9.54. The van der Waals surface area contributed by atoms with Crippen molar-refractivity contribution in [2.45, 2.75) is 75.3 Å². The number of nitrogens with zero attached hydrogens (tertiary/aromatic N) is 1. The van der Waals surface area contributed by atoms with E-state index in [4.69, 9.17) is 19.3 Å². The molecule has 0 unspecified atom stereocenters. The van der Waals surface area contributed by atoms with E-state index < -0.39 is 54.0 Å². The molecular formula is C32H41N3O9. The third-order valence-electron chi connectivity index (χ3n) is 8.40. The number of ether oxygens (including phenoxy) is 3. The summed E-state index contributed by atoms with van der Waals surface area (Å²) in [5, 5.41) is 24.3. The first-order chi connectivity index (χ1) is 21.0. The number of esters is 1. The van der Waals surface area contributed by atoms with Gasteiger partial charge < -0.3 is 40.0 Å². The molecule has 1 aromatic carbocycles. The summed E-state index contributed by atoms with van der Waals surface area (Å²) in [6.45, 7) is 1.06. The van der Waals surface area contributed by atoms with Gasteiger partial charge in [-0.3, -0.25) is 14.4 Å². The number of carbonyl (C=O) groups is 4. The molecule has 4 aliphatic rings. The molecule has 44 heavy (non-hydrogen) atoms. The Morgan fingerprint density at radius 1 is 1.14 bits per heavy atom. The van der Waals surface area contributed by atoms with Crippen LogP contribution < -0.4 is 10.6 Å². The number of aliphatic hydroxyl groups excluding tert-OH is 2. The lowest BCUT2D eigenvalue weighted by Crippen LogP contribution is -2.54. The van der Waals surface area contributed by atoms with Crippen molar-refractivity contribution >= 4 is 29.8 Å². The van der Waals surface area contributed by atoms with Gasteiger partial charge >= 0.3 is 5.97 Å². The minimum absolute atomic E-state index is 0.00916. The zero-order chi connectivity index (χ0) is 31.6. The zero-order valence-electron chi connectivity index (χ0n) is 25.2. The number of benzene rings is 1. The maximum atomic E-state index is 13.5. The Balaban J connectivity index is 1.36.